The minimum Gasteiger partial charge on any atom is -0.481 e. The first-order valence-electron chi connectivity index (χ1n) is 15.6. The van der Waals surface area contributed by atoms with Crippen molar-refractivity contribution < 1.29 is 28.7 Å². The van der Waals surface area contributed by atoms with E-state index in [-0.39, 0.29) is 31.2 Å². The number of hydrogen-bond donors (Lipinski definition) is 1. The molecular formula is C35H45N4O5+. The molecule has 3 atom stereocenters. The molecule has 3 unspecified atom stereocenters. The maximum absolute atomic E-state index is 14.2. The summed E-state index contributed by atoms with van der Waals surface area (Å²) in [5.74, 6) is -0.574. The van der Waals surface area contributed by atoms with Crippen molar-refractivity contribution in [2.24, 2.45) is 5.92 Å². The lowest BCUT2D eigenvalue weighted by Gasteiger charge is -2.30. The van der Waals surface area contributed by atoms with Gasteiger partial charge in [-0.1, -0.05) is 37.6 Å². The summed E-state index contributed by atoms with van der Waals surface area (Å²) >= 11 is 0. The number of quaternary nitrogens is 1. The number of amides is 1. The van der Waals surface area contributed by atoms with E-state index in [2.05, 4.69) is 50.1 Å². The fourth-order valence-electron chi connectivity index (χ4n) is 6.52. The summed E-state index contributed by atoms with van der Waals surface area (Å²) in [6.45, 7) is 4.34. The second kappa shape index (κ2) is 13.8. The van der Waals surface area contributed by atoms with Crippen LogP contribution in [0.1, 0.15) is 48.9 Å². The van der Waals surface area contributed by atoms with Crippen LogP contribution in [-0.2, 0) is 22.6 Å². The van der Waals surface area contributed by atoms with Crippen molar-refractivity contribution in [1.82, 2.24) is 9.88 Å². The summed E-state index contributed by atoms with van der Waals surface area (Å²) in [6, 6.07) is 19.4. The quantitative estimate of drug-likeness (QED) is 0.277. The summed E-state index contributed by atoms with van der Waals surface area (Å²) in [5.41, 5.74) is 3.86. The van der Waals surface area contributed by atoms with Crippen LogP contribution in [0.25, 0.3) is 0 Å². The highest BCUT2D eigenvalue weighted by Crippen LogP contribution is 2.43. The van der Waals surface area contributed by atoms with Gasteiger partial charge in [-0.3, -0.25) is 19.5 Å². The highest BCUT2D eigenvalue weighted by Gasteiger charge is 2.47. The second-order valence-electron chi connectivity index (χ2n) is 13.0. The molecule has 1 amide bonds. The number of fused-ring (bicyclic) bond motifs is 1. The van der Waals surface area contributed by atoms with E-state index in [9.17, 15) is 14.7 Å². The van der Waals surface area contributed by atoms with E-state index in [0.717, 1.165) is 40.8 Å². The topological polar surface area (TPSA) is 92.2 Å². The molecule has 1 fully saturated rings. The van der Waals surface area contributed by atoms with Crippen molar-refractivity contribution in [2.45, 2.75) is 51.1 Å². The number of carbonyl (C=O) groups excluding carboxylic acids is 1. The van der Waals surface area contributed by atoms with E-state index in [4.69, 9.17) is 9.47 Å². The number of carboxylic acid groups (broad SMARTS) is 1. The number of aryl methyl sites for hydroxylation is 1. The smallest absolute Gasteiger partial charge is 0.308 e. The molecule has 0 aliphatic carbocycles. The Balaban J connectivity index is 1.44. The minimum absolute atomic E-state index is 0.0147. The molecule has 2 aliphatic rings. The van der Waals surface area contributed by atoms with Gasteiger partial charge < -0.3 is 24.0 Å². The molecule has 9 nitrogen and oxygen atoms in total. The Labute approximate surface area is 260 Å². The first-order valence-corrected chi connectivity index (χ1v) is 15.6. The van der Waals surface area contributed by atoms with Gasteiger partial charge in [-0.05, 0) is 61.2 Å². The molecule has 3 aromatic rings. The van der Waals surface area contributed by atoms with Gasteiger partial charge in [0.1, 0.15) is 6.54 Å². The Morgan fingerprint density at radius 3 is 2.59 bits per heavy atom. The number of carbonyl (C=O) groups is 2. The number of carboxylic acids is 1. The third-order valence-electron chi connectivity index (χ3n) is 8.53. The number of rotatable bonds is 13. The van der Waals surface area contributed by atoms with Crippen molar-refractivity contribution >= 4 is 17.6 Å². The van der Waals surface area contributed by atoms with Crippen LogP contribution in [0, 0.1) is 5.92 Å². The summed E-state index contributed by atoms with van der Waals surface area (Å²) in [5, 5.41) is 10.6. The fourth-order valence-corrected chi connectivity index (χ4v) is 6.52. The molecule has 44 heavy (non-hydrogen) atoms. The highest BCUT2D eigenvalue weighted by molar-refractivity contribution is 5.95. The Morgan fingerprint density at radius 2 is 1.86 bits per heavy atom. The summed E-state index contributed by atoms with van der Waals surface area (Å²) < 4.78 is 11.9. The van der Waals surface area contributed by atoms with Gasteiger partial charge in [0.2, 0.25) is 12.7 Å². The molecule has 0 spiro atoms. The van der Waals surface area contributed by atoms with Crippen molar-refractivity contribution in [3.8, 4) is 11.5 Å². The summed E-state index contributed by atoms with van der Waals surface area (Å²) in [7, 11) is 6.46. The van der Waals surface area contributed by atoms with E-state index in [0.29, 0.717) is 37.4 Å². The standard InChI is InChI=1S/C35H44N4O5/c1-5-6-18-38(28-12-9-10-25(19-28)23-39(2,3)4)33(40)22-37-21-29(26-13-16-31-32(20-26)44-24-43-31)34(35(41)42)30(37)15-14-27-11-7-8-17-36-27/h7-13,16-17,19-20,29-30,34H,5-6,14-15,18,21-24H2,1-4H3/p+1. The number of nitrogens with zero attached hydrogens (tertiary/aromatic N) is 4. The van der Waals surface area contributed by atoms with Crippen molar-refractivity contribution in [1.29, 1.82) is 0 Å². The third-order valence-corrected chi connectivity index (χ3v) is 8.53. The molecular weight excluding hydrogens is 556 g/mol. The van der Waals surface area contributed by atoms with E-state index >= 15 is 0 Å². The van der Waals surface area contributed by atoms with Crippen LogP contribution in [0.5, 0.6) is 11.5 Å². The predicted molar refractivity (Wildman–Crippen MR) is 170 cm³/mol. The average Bonchev–Trinajstić information content (AvgIpc) is 3.60. The molecule has 2 aliphatic heterocycles. The van der Waals surface area contributed by atoms with E-state index in [1.54, 1.807) is 6.20 Å². The first-order chi connectivity index (χ1) is 21.1. The van der Waals surface area contributed by atoms with Crippen LogP contribution in [0.15, 0.2) is 66.9 Å². The van der Waals surface area contributed by atoms with Crippen LogP contribution in [0.3, 0.4) is 0 Å². The number of hydrogen-bond acceptors (Lipinski definition) is 6. The van der Waals surface area contributed by atoms with Crippen molar-refractivity contribution in [3.63, 3.8) is 0 Å². The van der Waals surface area contributed by atoms with Crippen LogP contribution >= 0.6 is 0 Å². The molecule has 5 rings (SSSR count). The van der Waals surface area contributed by atoms with Crippen molar-refractivity contribution in [2.75, 3.05) is 52.5 Å². The fraction of sp³-hybridized carbons (Fsp3) is 0.457. The number of unbranched alkanes of at least 4 members (excludes halogenated alkanes) is 1. The molecule has 1 aromatic heterocycles. The van der Waals surface area contributed by atoms with Gasteiger partial charge in [-0.2, -0.15) is 0 Å². The number of aliphatic carboxylic acids is 1. The van der Waals surface area contributed by atoms with Gasteiger partial charge in [0.25, 0.3) is 0 Å². The van der Waals surface area contributed by atoms with Crippen LogP contribution < -0.4 is 14.4 Å². The van der Waals surface area contributed by atoms with Gasteiger partial charge in [0, 0.05) is 48.2 Å². The molecule has 0 bridgehead atoms. The van der Waals surface area contributed by atoms with E-state index < -0.39 is 11.9 Å². The van der Waals surface area contributed by atoms with E-state index in [1.807, 2.05) is 53.4 Å². The summed E-state index contributed by atoms with van der Waals surface area (Å²) in [6.07, 6.45) is 4.81. The van der Waals surface area contributed by atoms with Crippen LogP contribution in [0.2, 0.25) is 0 Å². The Morgan fingerprint density at radius 1 is 1.05 bits per heavy atom. The molecule has 0 saturated carbocycles. The Kier molecular flexibility index (Phi) is 9.86. The number of aromatic nitrogens is 1. The molecule has 3 heterocycles. The van der Waals surface area contributed by atoms with Crippen molar-refractivity contribution in [3.05, 3.63) is 83.7 Å². The predicted octanol–water partition coefficient (Wildman–Crippen LogP) is 4.95. The maximum atomic E-state index is 14.2. The average molecular weight is 602 g/mol. The zero-order chi connectivity index (χ0) is 31.3. The largest absolute Gasteiger partial charge is 0.481 e. The highest BCUT2D eigenvalue weighted by atomic mass is 16.7. The molecule has 1 saturated heterocycles. The molecule has 0 radical (unpaired) electrons. The second-order valence-corrected chi connectivity index (χ2v) is 13.0. The third kappa shape index (κ3) is 7.57. The number of ether oxygens (including phenoxy) is 2. The Bertz CT molecular complexity index is 1440. The molecule has 234 valence electrons. The number of likely N-dealkylation sites (tertiary alicyclic amines) is 1. The van der Waals surface area contributed by atoms with E-state index in [1.165, 1.54) is 5.56 Å². The molecule has 2 aromatic carbocycles. The number of benzene rings is 2. The zero-order valence-electron chi connectivity index (χ0n) is 26.3. The van der Waals surface area contributed by atoms with Gasteiger partial charge in [-0.15, -0.1) is 0 Å². The molecule has 1 N–H and O–H groups in total. The van der Waals surface area contributed by atoms with Gasteiger partial charge >= 0.3 is 5.97 Å². The zero-order valence-corrected chi connectivity index (χ0v) is 26.3. The monoisotopic (exact) mass is 601 g/mol. The first kappa shape index (κ1) is 31.5. The number of pyridine rings is 1. The van der Waals surface area contributed by atoms with Gasteiger partial charge in [-0.25, -0.2) is 0 Å². The van der Waals surface area contributed by atoms with Gasteiger partial charge in [0.05, 0.1) is 33.6 Å². The maximum Gasteiger partial charge on any atom is 0.308 e. The Hall–Kier alpha value is -3.95. The molecule has 9 heteroatoms. The van der Waals surface area contributed by atoms with Crippen LogP contribution in [-0.4, -0.2) is 85.0 Å². The lowest BCUT2D eigenvalue weighted by Crippen LogP contribution is -2.44. The summed E-state index contributed by atoms with van der Waals surface area (Å²) in [4.78, 5) is 35.6. The minimum atomic E-state index is -0.857. The van der Waals surface area contributed by atoms with Gasteiger partial charge in [0.15, 0.2) is 11.5 Å². The van der Waals surface area contributed by atoms with Crippen LogP contribution in [0.4, 0.5) is 5.69 Å². The SMILES string of the molecule is CCCCN(C(=O)CN1CC(c2ccc3c(c2)OCO3)C(C(=O)O)C1CCc1ccccn1)c1cccc(C[N+](C)(C)C)c1. The lowest BCUT2D eigenvalue weighted by atomic mass is 9.83. The lowest BCUT2D eigenvalue weighted by molar-refractivity contribution is -0.884. The normalized spacial score (nSPS) is 19.7. The number of anilines is 1.